The van der Waals surface area contributed by atoms with Gasteiger partial charge in [-0.05, 0) is 12.3 Å². The Morgan fingerprint density at radius 3 is 2.90 bits per heavy atom. The second-order valence-electron chi connectivity index (χ2n) is 2.28. The van der Waals surface area contributed by atoms with E-state index in [0.29, 0.717) is 0 Å². The molecule has 0 N–H and O–H groups in total. The molecule has 2 nitrogen and oxygen atoms in total. The molecule has 1 aliphatic rings. The van der Waals surface area contributed by atoms with Crippen LogP contribution < -0.4 is 0 Å². The van der Waals surface area contributed by atoms with Crippen molar-refractivity contribution in [3.05, 3.63) is 24.3 Å². The highest BCUT2D eigenvalue weighted by Gasteiger charge is 2.03. The first kappa shape index (κ1) is 7.69. The summed E-state index contributed by atoms with van der Waals surface area (Å²) < 4.78 is 20.4. The molecule has 10 heavy (non-hydrogen) atoms. The van der Waals surface area contributed by atoms with E-state index < -0.39 is 11.1 Å². The van der Waals surface area contributed by atoms with Gasteiger partial charge < -0.3 is 4.55 Å². The summed E-state index contributed by atoms with van der Waals surface area (Å²) in [5.41, 5.74) is 0. The average molecular weight is 157 g/mol. The van der Waals surface area contributed by atoms with Crippen LogP contribution >= 0.6 is 0 Å². The van der Waals surface area contributed by atoms with Crippen LogP contribution in [0.4, 0.5) is 0 Å². The molecule has 0 saturated heterocycles. The largest absolute Gasteiger partial charge is 0.772 e. The van der Waals surface area contributed by atoms with E-state index in [-0.39, 0.29) is 11.7 Å². The maximum Gasteiger partial charge on any atom is 0.0168 e. The molecule has 1 aliphatic carbocycles. The van der Waals surface area contributed by atoms with Crippen LogP contribution in [0.15, 0.2) is 24.3 Å². The van der Waals surface area contributed by atoms with E-state index in [1.54, 1.807) is 0 Å². The second-order valence-corrected chi connectivity index (χ2v) is 3.22. The SMILES string of the molecule is O=S([O-])CC1C=CC=CC1. The Hall–Kier alpha value is -0.410. The molecule has 1 rings (SSSR count). The standard InChI is InChI=1S/C7H10O2S/c8-10(9)6-7-4-2-1-3-5-7/h1-4,7H,5-6H2,(H,8,9)/p-1. The van der Waals surface area contributed by atoms with Crippen LogP contribution in [0.1, 0.15) is 6.42 Å². The lowest BCUT2D eigenvalue weighted by molar-refractivity contribution is 0.527. The molecule has 0 radical (unpaired) electrons. The van der Waals surface area contributed by atoms with Gasteiger partial charge in [0.1, 0.15) is 0 Å². The summed E-state index contributed by atoms with van der Waals surface area (Å²) in [6.45, 7) is 0. The first-order chi connectivity index (χ1) is 4.79. The Balaban J connectivity index is 2.37. The van der Waals surface area contributed by atoms with Gasteiger partial charge >= 0.3 is 0 Å². The van der Waals surface area contributed by atoms with Crippen LogP contribution in [-0.4, -0.2) is 14.5 Å². The first-order valence-corrected chi connectivity index (χ1v) is 4.42. The molecule has 0 amide bonds. The third-order valence-electron chi connectivity index (χ3n) is 1.42. The molecule has 2 atom stereocenters. The number of hydrogen-bond donors (Lipinski definition) is 0. The third-order valence-corrected chi connectivity index (χ3v) is 2.12. The highest BCUT2D eigenvalue weighted by atomic mass is 32.2. The molecule has 0 heterocycles. The Labute approximate surface area is 62.9 Å². The molecule has 56 valence electrons. The average Bonchev–Trinajstić information content (AvgIpc) is 1.88. The Morgan fingerprint density at radius 2 is 2.40 bits per heavy atom. The molecule has 0 aromatic carbocycles. The van der Waals surface area contributed by atoms with Crippen molar-refractivity contribution in [1.82, 2.24) is 0 Å². The van der Waals surface area contributed by atoms with Crippen LogP contribution in [0.3, 0.4) is 0 Å². The molecular weight excluding hydrogens is 148 g/mol. The van der Waals surface area contributed by atoms with Crippen molar-refractivity contribution in [2.24, 2.45) is 5.92 Å². The van der Waals surface area contributed by atoms with Gasteiger partial charge in [0.25, 0.3) is 0 Å². The van der Waals surface area contributed by atoms with E-state index in [1.807, 2.05) is 24.3 Å². The molecule has 3 heteroatoms. The predicted molar refractivity (Wildman–Crippen MR) is 40.2 cm³/mol. The molecule has 0 aliphatic heterocycles. The van der Waals surface area contributed by atoms with Crippen LogP contribution in [-0.2, 0) is 11.1 Å². The zero-order valence-electron chi connectivity index (χ0n) is 5.53. The minimum atomic E-state index is -1.90. The fraction of sp³-hybridized carbons (Fsp3) is 0.429. The van der Waals surface area contributed by atoms with Crippen molar-refractivity contribution in [2.75, 3.05) is 5.75 Å². The lowest BCUT2D eigenvalue weighted by Crippen LogP contribution is -2.08. The zero-order valence-corrected chi connectivity index (χ0v) is 6.34. The number of hydrogen-bond acceptors (Lipinski definition) is 2. The van der Waals surface area contributed by atoms with Crippen LogP contribution in [0.5, 0.6) is 0 Å². The molecule has 0 aromatic rings. The van der Waals surface area contributed by atoms with Crippen LogP contribution in [0, 0.1) is 5.92 Å². The summed E-state index contributed by atoms with van der Waals surface area (Å²) in [4.78, 5) is 0. The van der Waals surface area contributed by atoms with Gasteiger partial charge in [-0.25, -0.2) is 0 Å². The van der Waals surface area contributed by atoms with Crippen molar-refractivity contribution in [3.63, 3.8) is 0 Å². The maximum absolute atomic E-state index is 10.2. The van der Waals surface area contributed by atoms with E-state index in [4.69, 9.17) is 0 Å². The minimum Gasteiger partial charge on any atom is -0.772 e. The van der Waals surface area contributed by atoms with Crippen molar-refractivity contribution in [1.29, 1.82) is 0 Å². The summed E-state index contributed by atoms with van der Waals surface area (Å²) in [5, 5.41) is 0. The van der Waals surface area contributed by atoms with Crippen molar-refractivity contribution >= 4 is 11.1 Å². The lowest BCUT2D eigenvalue weighted by Gasteiger charge is -2.13. The molecule has 2 unspecified atom stereocenters. The Kier molecular flexibility index (Phi) is 2.83. The highest BCUT2D eigenvalue weighted by molar-refractivity contribution is 7.79. The van der Waals surface area contributed by atoms with Gasteiger partial charge in [-0.2, -0.15) is 0 Å². The van der Waals surface area contributed by atoms with Crippen molar-refractivity contribution in [3.8, 4) is 0 Å². The molecule has 0 fully saturated rings. The molecule has 0 saturated carbocycles. The lowest BCUT2D eigenvalue weighted by atomic mass is 10.0. The Morgan fingerprint density at radius 1 is 1.60 bits per heavy atom. The molecule has 0 bridgehead atoms. The van der Waals surface area contributed by atoms with Crippen molar-refractivity contribution in [2.45, 2.75) is 6.42 Å². The van der Waals surface area contributed by atoms with Gasteiger partial charge in [0.05, 0.1) is 0 Å². The molecule has 0 spiro atoms. The van der Waals surface area contributed by atoms with E-state index in [1.165, 1.54) is 0 Å². The normalized spacial score (nSPS) is 26.7. The van der Waals surface area contributed by atoms with Crippen LogP contribution in [0.25, 0.3) is 0 Å². The Bertz CT molecular complexity index is 184. The summed E-state index contributed by atoms with van der Waals surface area (Å²) in [6.07, 6.45) is 8.59. The molecular formula is C7H9O2S-. The first-order valence-electron chi connectivity index (χ1n) is 3.18. The summed E-state index contributed by atoms with van der Waals surface area (Å²) in [5.74, 6) is 0.448. The molecule has 0 aromatic heterocycles. The minimum absolute atomic E-state index is 0.198. The summed E-state index contributed by atoms with van der Waals surface area (Å²) >= 11 is -1.90. The summed E-state index contributed by atoms with van der Waals surface area (Å²) in [7, 11) is 0. The van der Waals surface area contributed by atoms with Crippen molar-refractivity contribution < 1.29 is 8.76 Å². The fourth-order valence-corrected chi connectivity index (χ4v) is 1.53. The quantitative estimate of drug-likeness (QED) is 0.561. The topological polar surface area (TPSA) is 40.1 Å². The van der Waals surface area contributed by atoms with E-state index in [2.05, 4.69) is 0 Å². The van der Waals surface area contributed by atoms with Gasteiger partial charge in [0.15, 0.2) is 0 Å². The van der Waals surface area contributed by atoms with Crippen LogP contribution in [0.2, 0.25) is 0 Å². The van der Waals surface area contributed by atoms with Gasteiger partial charge in [0.2, 0.25) is 0 Å². The predicted octanol–water partition coefficient (Wildman–Crippen LogP) is 0.998. The fourth-order valence-electron chi connectivity index (χ4n) is 0.930. The highest BCUT2D eigenvalue weighted by Crippen LogP contribution is 2.11. The van der Waals surface area contributed by atoms with E-state index in [9.17, 15) is 8.76 Å². The monoisotopic (exact) mass is 157 g/mol. The van der Waals surface area contributed by atoms with Gasteiger partial charge in [-0.3, -0.25) is 4.21 Å². The zero-order chi connectivity index (χ0) is 7.40. The third kappa shape index (κ3) is 2.45. The maximum atomic E-state index is 10.2. The van der Waals surface area contributed by atoms with Gasteiger partial charge in [-0.1, -0.05) is 35.4 Å². The van der Waals surface area contributed by atoms with Gasteiger partial charge in [0, 0.05) is 5.75 Å². The summed E-state index contributed by atoms with van der Waals surface area (Å²) in [6, 6.07) is 0. The van der Waals surface area contributed by atoms with E-state index >= 15 is 0 Å². The van der Waals surface area contributed by atoms with E-state index in [0.717, 1.165) is 6.42 Å². The van der Waals surface area contributed by atoms with Gasteiger partial charge in [-0.15, -0.1) is 0 Å². The number of rotatable bonds is 2. The number of allylic oxidation sites excluding steroid dienone is 4. The second kappa shape index (κ2) is 3.68. The smallest absolute Gasteiger partial charge is 0.0168 e.